The summed E-state index contributed by atoms with van der Waals surface area (Å²) in [6.07, 6.45) is 1.03. The topological polar surface area (TPSA) is 84.0 Å². The van der Waals surface area contributed by atoms with Crippen LogP contribution in [-0.4, -0.2) is 15.5 Å². The van der Waals surface area contributed by atoms with Gasteiger partial charge in [0.2, 0.25) is 0 Å². The van der Waals surface area contributed by atoms with E-state index < -0.39 is 23.0 Å². The molecule has 1 aromatic heterocycles. The summed E-state index contributed by atoms with van der Waals surface area (Å²) in [7, 11) is 0. The molecule has 26 heavy (non-hydrogen) atoms. The molecule has 1 heterocycles. The van der Waals surface area contributed by atoms with Crippen molar-refractivity contribution in [3.8, 4) is 0 Å². The van der Waals surface area contributed by atoms with Gasteiger partial charge in [-0.3, -0.25) is 14.2 Å². The van der Waals surface area contributed by atoms with Gasteiger partial charge in [0.25, 0.3) is 11.5 Å². The van der Waals surface area contributed by atoms with Crippen molar-refractivity contribution in [2.45, 2.75) is 6.54 Å². The summed E-state index contributed by atoms with van der Waals surface area (Å²) >= 11 is 6.06. The zero-order valence-corrected chi connectivity index (χ0v) is 14.1. The van der Waals surface area contributed by atoms with Crippen molar-refractivity contribution < 1.29 is 9.18 Å². The summed E-state index contributed by atoms with van der Waals surface area (Å²) in [5, 5.41) is 2.82. The summed E-state index contributed by atoms with van der Waals surface area (Å²) in [5.74, 6) is -1.29. The van der Waals surface area contributed by atoms with E-state index in [4.69, 9.17) is 11.6 Å². The van der Waals surface area contributed by atoms with Crippen LogP contribution in [0.4, 0.5) is 10.1 Å². The quantitative estimate of drug-likeness (QED) is 0.737. The van der Waals surface area contributed by atoms with Crippen LogP contribution >= 0.6 is 11.6 Å². The molecule has 2 aromatic carbocycles. The average Bonchev–Trinajstić information content (AvgIpc) is 2.60. The normalized spacial score (nSPS) is 10.5. The van der Waals surface area contributed by atoms with Crippen LogP contribution in [0.15, 0.2) is 64.3 Å². The van der Waals surface area contributed by atoms with E-state index in [0.717, 1.165) is 16.8 Å². The van der Waals surface area contributed by atoms with Gasteiger partial charge < -0.3 is 10.3 Å². The molecule has 0 saturated heterocycles. The fourth-order valence-corrected chi connectivity index (χ4v) is 2.57. The van der Waals surface area contributed by atoms with Crippen LogP contribution in [0.25, 0.3) is 0 Å². The van der Waals surface area contributed by atoms with Crippen molar-refractivity contribution in [1.82, 2.24) is 9.55 Å². The summed E-state index contributed by atoms with van der Waals surface area (Å²) < 4.78 is 14.1. The van der Waals surface area contributed by atoms with Crippen LogP contribution in [-0.2, 0) is 6.54 Å². The molecule has 0 saturated carbocycles. The zero-order valence-electron chi connectivity index (χ0n) is 13.3. The molecule has 0 aliphatic rings. The SMILES string of the molecule is O=C(Nc1cccc(F)c1)c1c[nH]c(=O)n(Cc2ccccc2Cl)c1=O. The van der Waals surface area contributed by atoms with Gasteiger partial charge in [0.15, 0.2) is 0 Å². The monoisotopic (exact) mass is 373 g/mol. The van der Waals surface area contributed by atoms with Gasteiger partial charge in [-0.2, -0.15) is 0 Å². The largest absolute Gasteiger partial charge is 0.328 e. The Balaban J connectivity index is 1.94. The standard InChI is InChI=1S/C18H13ClFN3O3/c19-15-7-2-1-4-11(15)10-23-17(25)14(9-21-18(23)26)16(24)22-13-6-3-5-12(20)8-13/h1-9H,10H2,(H,21,26)(H,22,24). The van der Waals surface area contributed by atoms with Gasteiger partial charge in [-0.1, -0.05) is 35.9 Å². The van der Waals surface area contributed by atoms with E-state index in [1.54, 1.807) is 24.3 Å². The molecule has 0 spiro atoms. The first-order valence-corrected chi connectivity index (χ1v) is 7.96. The van der Waals surface area contributed by atoms with E-state index in [1.807, 2.05) is 0 Å². The van der Waals surface area contributed by atoms with Crippen LogP contribution in [0.5, 0.6) is 0 Å². The fourth-order valence-electron chi connectivity index (χ4n) is 2.38. The molecule has 2 N–H and O–H groups in total. The van der Waals surface area contributed by atoms with E-state index in [2.05, 4.69) is 10.3 Å². The van der Waals surface area contributed by atoms with Crippen molar-refractivity contribution >= 4 is 23.2 Å². The molecule has 0 unspecified atom stereocenters. The molecule has 0 bridgehead atoms. The molecule has 3 rings (SSSR count). The molecule has 0 atom stereocenters. The van der Waals surface area contributed by atoms with Crippen LogP contribution in [0, 0.1) is 5.82 Å². The number of nitrogens with one attached hydrogen (secondary N) is 2. The van der Waals surface area contributed by atoms with Crippen molar-refractivity contribution in [2.75, 3.05) is 5.32 Å². The van der Waals surface area contributed by atoms with Crippen LogP contribution in [0.3, 0.4) is 0 Å². The third-order valence-corrected chi connectivity index (χ3v) is 4.04. The average molecular weight is 374 g/mol. The van der Waals surface area contributed by atoms with E-state index in [1.165, 1.54) is 18.2 Å². The third kappa shape index (κ3) is 3.73. The Bertz CT molecular complexity index is 1090. The second-order valence-corrected chi connectivity index (χ2v) is 5.86. The van der Waals surface area contributed by atoms with Crippen molar-refractivity contribution in [1.29, 1.82) is 0 Å². The first-order chi connectivity index (χ1) is 12.5. The third-order valence-electron chi connectivity index (χ3n) is 3.67. The lowest BCUT2D eigenvalue weighted by Gasteiger charge is -2.09. The highest BCUT2D eigenvalue weighted by Gasteiger charge is 2.16. The predicted octanol–water partition coefficient (Wildman–Crippen LogP) is 2.63. The Kier molecular flexibility index (Phi) is 4.99. The lowest BCUT2D eigenvalue weighted by Crippen LogP contribution is -2.39. The number of benzene rings is 2. The number of aromatic amines is 1. The number of nitrogens with zero attached hydrogens (tertiary/aromatic N) is 1. The van der Waals surface area contributed by atoms with E-state index >= 15 is 0 Å². The Labute approximate surface area is 151 Å². The molecule has 0 fully saturated rings. The van der Waals surface area contributed by atoms with E-state index in [-0.39, 0.29) is 17.8 Å². The van der Waals surface area contributed by atoms with Crippen LogP contribution in [0.1, 0.15) is 15.9 Å². The molecule has 0 radical (unpaired) electrons. The molecule has 0 aliphatic carbocycles. The van der Waals surface area contributed by atoms with Gasteiger partial charge >= 0.3 is 5.69 Å². The number of rotatable bonds is 4. The minimum Gasteiger partial charge on any atom is -0.322 e. The molecular formula is C18H13ClFN3O3. The number of carbonyl (C=O) groups excluding carboxylic acids is 1. The molecule has 1 amide bonds. The molecule has 0 aliphatic heterocycles. The number of carbonyl (C=O) groups is 1. The van der Waals surface area contributed by atoms with Gasteiger partial charge in [-0.15, -0.1) is 0 Å². The highest BCUT2D eigenvalue weighted by Crippen LogP contribution is 2.15. The Morgan fingerprint density at radius 1 is 1.15 bits per heavy atom. The van der Waals surface area contributed by atoms with Crippen LogP contribution < -0.4 is 16.6 Å². The lowest BCUT2D eigenvalue weighted by molar-refractivity contribution is 0.102. The summed E-state index contributed by atoms with van der Waals surface area (Å²) in [6, 6.07) is 12.0. The number of amides is 1. The smallest absolute Gasteiger partial charge is 0.322 e. The maximum Gasteiger partial charge on any atom is 0.328 e. The zero-order chi connectivity index (χ0) is 18.7. The van der Waals surface area contributed by atoms with Crippen LogP contribution in [0.2, 0.25) is 5.02 Å². The Hall–Kier alpha value is -3.19. The first kappa shape index (κ1) is 17.6. The Morgan fingerprint density at radius 3 is 2.65 bits per heavy atom. The van der Waals surface area contributed by atoms with Gasteiger partial charge in [-0.05, 0) is 29.8 Å². The predicted molar refractivity (Wildman–Crippen MR) is 96.2 cm³/mol. The van der Waals surface area contributed by atoms with Crippen molar-refractivity contribution in [2.24, 2.45) is 0 Å². The summed E-state index contributed by atoms with van der Waals surface area (Å²) in [6.45, 7) is -0.0884. The first-order valence-electron chi connectivity index (χ1n) is 7.58. The minimum atomic E-state index is -0.775. The highest BCUT2D eigenvalue weighted by molar-refractivity contribution is 6.31. The Morgan fingerprint density at radius 2 is 1.92 bits per heavy atom. The van der Waals surface area contributed by atoms with Gasteiger partial charge in [-0.25, -0.2) is 9.18 Å². The lowest BCUT2D eigenvalue weighted by atomic mass is 10.2. The molecule has 3 aromatic rings. The molecular weight excluding hydrogens is 361 g/mol. The number of hydrogen-bond donors (Lipinski definition) is 2. The van der Waals surface area contributed by atoms with E-state index in [0.29, 0.717) is 10.6 Å². The summed E-state index contributed by atoms with van der Waals surface area (Å²) in [4.78, 5) is 39.3. The molecule has 132 valence electrons. The number of H-pyrrole nitrogens is 1. The van der Waals surface area contributed by atoms with Crippen molar-refractivity contribution in [3.05, 3.63) is 97.5 Å². The van der Waals surface area contributed by atoms with Crippen molar-refractivity contribution in [3.63, 3.8) is 0 Å². The summed E-state index contributed by atoms with van der Waals surface area (Å²) in [5.41, 5.74) is -0.969. The van der Waals surface area contributed by atoms with Gasteiger partial charge in [0, 0.05) is 16.9 Å². The van der Waals surface area contributed by atoms with E-state index in [9.17, 15) is 18.8 Å². The number of anilines is 1. The van der Waals surface area contributed by atoms with Gasteiger partial charge in [0.05, 0.1) is 6.54 Å². The second kappa shape index (κ2) is 7.37. The number of halogens is 2. The second-order valence-electron chi connectivity index (χ2n) is 5.45. The minimum absolute atomic E-state index is 0.0884. The van der Waals surface area contributed by atoms with Gasteiger partial charge in [0.1, 0.15) is 11.4 Å². The fraction of sp³-hybridized carbons (Fsp3) is 0.0556. The maximum absolute atomic E-state index is 13.2. The number of hydrogen-bond acceptors (Lipinski definition) is 3. The number of aromatic nitrogens is 2. The molecule has 6 nitrogen and oxygen atoms in total. The highest BCUT2D eigenvalue weighted by atomic mass is 35.5. The maximum atomic E-state index is 13.2. The molecule has 8 heteroatoms.